The largest absolute Gasteiger partial charge is 0.481 e. The second-order valence-corrected chi connectivity index (χ2v) is 2.74. The van der Waals surface area contributed by atoms with Gasteiger partial charge in [-0.15, -0.1) is 5.10 Å². The second kappa shape index (κ2) is 3.78. The standard InChI is InChI=1S/C7H6N6O2/c14-5(15)1-4-2-8-6(9-3-4)7-10-12-13-11-7/h2-3H,1H2,(H,14,15)(H,10,11,12,13). The average molecular weight is 206 g/mol. The van der Waals surface area contributed by atoms with E-state index in [-0.39, 0.29) is 6.42 Å². The molecule has 0 aliphatic carbocycles. The van der Waals surface area contributed by atoms with Crippen LogP contribution in [0.5, 0.6) is 0 Å². The van der Waals surface area contributed by atoms with Crippen LogP contribution in [-0.4, -0.2) is 41.7 Å². The van der Waals surface area contributed by atoms with Crippen LogP contribution in [0.2, 0.25) is 0 Å². The molecule has 0 unspecified atom stereocenters. The molecule has 0 aromatic carbocycles. The first-order valence-corrected chi connectivity index (χ1v) is 4.02. The van der Waals surface area contributed by atoms with Gasteiger partial charge in [0.15, 0.2) is 5.82 Å². The number of carboxylic acids is 1. The molecule has 0 bridgehead atoms. The van der Waals surface area contributed by atoms with Gasteiger partial charge in [-0.2, -0.15) is 0 Å². The van der Waals surface area contributed by atoms with E-state index in [1.807, 2.05) is 0 Å². The fourth-order valence-electron chi connectivity index (χ4n) is 0.997. The lowest BCUT2D eigenvalue weighted by molar-refractivity contribution is -0.136. The van der Waals surface area contributed by atoms with E-state index in [0.717, 1.165) is 0 Å². The molecule has 8 heteroatoms. The van der Waals surface area contributed by atoms with Crippen LogP contribution in [0.3, 0.4) is 0 Å². The van der Waals surface area contributed by atoms with E-state index in [1.165, 1.54) is 12.4 Å². The first-order valence-electron chi connectivity index (χ1n) is 4.02. The second-order valence-electron chi connectivity index (χ2n) is 2.74. The van der Waals surface area contributed by atoms with Gasteiger partial charge < -0.3 is 5.11 Å². The predicted molar refractivity (Wildman–Crippen MR) is 46.5 cm³/mol. The summed E-state index contributed by atoms with van der Waals surface area (Å²) in [4.78, 5) is 18.2. The van der Waals surface area contributed by atoms with Crippen molar-refractivity contribution in [2.45, 2.75) is 6.42 Å². The highest BCUT2D eigenvalue weighted by Crippen LogP contribution is 2.06. The van der Waals surface area contributed by atoms with Crippen molar-refractivity contribution in [3.8, 4) is 11.6 Å². The molecule has 0 aliphatic heterocycles. The Morgan fingerprint density at radius 3 is 2.67 bits per heavy atom. The van der Waals surface area contributed by atoms with Crippen molar-refractivity contribution in [2.75, 3.05) is 0 Å². The molecule has 0 atom stereocenters. The number of hydrogen-bond donors (Lipinski definition) is 2. The van der Waals surface area contributed by atoms with Crippen molar-refractivity contribution in [3.63, 3.8) is 0 Å². The molecule has 0 saturated heterocycles. The number of nitrogens with zero attached hydrogens (tertiary/aromatic N) is 5. The molecule has 2 aromatic rings. The Balaban J connectivity index is 2.21. The van der Waals surface area contributed by atoms with E-state index in [4.69, 9.17) is 5.11 Å². The summed E-state index contributed by atoms with van der Waals surface area (Å²) >= 11 is 0. The number of carbonyl (C=O) groups is 1. The zero-order chi connectivity index (χ0) is 10.7. The maximum Gasteiger partial charge on any atom is 0.307 e. The molecular weight excluding hydrogens is 200 g/mol. The summed E-state index contributed by atoms with van der Waals surface area (Å²) in [5.74, 6) is -0.251. The minimum absolute atomic E-state index is 0.102. The topological polar surface area (TPSA) is 118 Å². The zero-order valence-electron chi connectivity index (χ0n) is 7.45. The Morgan fingerprint density at radius 1 is 1.40 bits per heavy atom. The van der Waals surface area contributed by atoms with Gasteiger partial charge in [0.1, 0.15) is 0 Å². The van der Waals surface area contributed by atoms with Gasteiger partial charge in [-0.25, -0.2) is 15.1 Å². The van der Waals surface area contributed by atoms with Crippen LogP contribution in [0.15, 0.2) is 12.4 Å². The van der Waals surface area contributed by atoms with Gasteiger partial charge in [-0.05, 0) is 16.0 Å². The van der Waals surface area contributed by atoms with Crippen LogP contribution in [0, 0.1) is 0 Å². The van der Waals surface area contributed by atoms with Crippen LogP contribution in [0.1, 0.15) is 5.56 Å². The molecule has 2 heterocycles. The Kier molecular flexibility index (Phi) is 2.31. The number of aromatic amines is 1. The monoisotopic (exact) mass is 206 g/mol. The van der Waals surface area contributed by atoms with Crippen molar-refractivity contribution < 1.29 is 9.90 Å². The first kappa shape index (κ1) is 9.19. The third kappa shape index (κ3) is 2.10. The van der Waals surface area contributed by atoms with Gasteiger partial charge in [-0.3, -0.25) is 4.79 Å². The number of carboxylic acid groups (broad SMARTS) is 1. The Morgan fingerprint density at radius 2 is 2.13 bits per heavy atom. The van der Waals surface area contributed by atoms with Gasteiger partial charge in [0.05, 0.1) is 6.42 Å². The minimum atomic E-state index is -0.923. The average Bonchev–Trinajstić information content (AvgIpc) is 2.71. The summed E-state index contributed by atoms with van der Waals surface area (Å²) in [6, 6.07) is 0. The summed E-state index contributed by atoms with van der Waals surface area (Å²) < 4.78 is 0. The highest BCUT2D eigenvalue weighted by Gasteiger charge is 2.06. The lowest BCUT2D eigenvalue weighted by atomic mass is 10.2. The molecule has 8 nitrogen and oxygen atoms in total. The molecule has 2 rings (SSSR count). The van der Waals surface area contributed by atoms with Crippen molar-refractivity contribution in [3.05, 3.63) is 18.0 Å². The predicted octanol–water partition coefficient (Wildman–Crippen LogP) is -0.716. The first-order chi connectivity index (χ1) is 7.25. The maximum atomic E-state index is 10.4. The summed E-state index contributed by atoms with van der Waals surface area (Å²) in [7, 11) is 0. The van der Waals surface area contributed by atoms with E-state index < -0.39 is 5.97 Å². The Labute approximate surface area is 83.4 Å². The summed E-state index contributed by atoms with van der Waals surface area (Å²) in [6.07, 6.45) is 2.76. The summed E-state index contributed by atoms with van der Waals surface area (Å²) in [6.45, 7) is 0. The third-order valence-corrected chi connectivity index (χ3v) is 1.62. The molecule has 0 saturated carbocycles. The number of nitrogens with one attached hydrogen (secondary N) is 1. The molecule has 0 amide bonds. The molecule has 76 valence electrons. The highest BCUT2D eigenvalue weighted by molar-refractivity contribution is 5.69. The van der Waals surface area contributed by atoms with E-state index in [0.29, 0.717) is 17.2 Å². The molecule has 2 N–H and O–H groups in total. The van der Waals surface area contributed by atoms with E-state index in [2.05, 4.69) is 30.6 Å². The number of aliphatic carboxylic acids is 1. The smallest absolute Gasteiger partial charge is 0.307 e. The van der Waals surface area contributed by atoms with Crippen molar-refractivity contribution in [1.29, 1.82) is 0 Å². The summed E-state index contributed by atoms with van der Waals surface area (Å²) in [5, 5.41) is 21.4. The summed E-state index contributed by atoms with van der Waals surface area (Å²) in [5.41, 5.74) is 0.527. The minimum Gasteiger partial charge on any atom is -0.481 e. The molecule has 0 radical (unpaired) electrons. The zero-order valence-corrected chi connectivity index (χ0v) is 7.45. The van der Waals surface area contributed by atoms with Crippen LogP contribution in [0.4, 0.5) is 0 Å². The van der Waals surface area contributed by atoms with E-state index in [1.54, 1.807) is 0 Å². The van der Waals surface area contributed by atoms with E-state index in [9.17, 15) is 4.79 Å². The van der Waals surface area contributed by atoms with Gasteiger partial charge in [-0.1, -0.05) is 0 Å². The van der Waals surface area contributed by atoms with Gasteiger partial charge in [0.25, 0.3) is 0 Å². The Bertz CT molecular complexity index is 451. The van der Waals surface area contributed by atoms with Crippen LogP contribution >= 0.6 is 0 Å². The quantitative estimate of drug-likeness (QED) is 0.680. The van der Waals surface area contributed by atoms with Crippen LogP contribution in [-0.2, 0) is 11.2 Å². The van der Waals surface area contributed by atoms with Crippen LogP contribution in [0.25, 0.3) is 11.6 Å². The highest BCUT2D eigenvalue weighted by atomic mass is 16.4. The molecule has 0 spiro atoms. The van der Waals surface area contributed by atoms with Crippen molar-refractivity contribution in [1.82, 2.24) is 30.6 Å². The van der Waals surface area contributed by atoms with Gasteiger partial charge in [0, 0.05) is 12.4 Å². The molecule has 15 heavy (non-hydrogen) atoms. The van der Waals surface area contributed by atoms with Crippen molar-refractivity contribution in [2.24, 2.45) is 0 Å². The lowest BCUT2D eigenvalue weighted by Gasteiger charge is -1.96. The fourth-order valence-corrected chi connectivity index (χ4v) is 0.997. The fraction of sp³-hybridized carbons (Fsp3) is 0.143. The van der Waals surface area contributed by atoms with E-state index >= 15 is 0 Å². The van der Waals surface area contributed by atoms with Gasteiger partial charge >= 0.3 is 5.97 Å². The normalized spacial score (nSPS) is 10.1. The van der Waals surface area contributed by atoms with Crippen molar-refractivity contribution >= 4 is 5.97 Å². The lowest BCUT2D eigenvalue weighted by Crippen LogP contribution is -2.02. The molecule has 2 aromatic heterocycles. The molecular formula is C7H6N6O2. The SMILES string of the molecule is O=C(O)Cc1cnc(-c2nnn[nH]2)nc1. The molecule has 0 aliphatic rings. The number of hydrogen-bond acceptors (Lipinski definition) is 6. The number of aromatic nitrogens is 6. The van der Waals surface area contributed by atoms with Gasteiger partial charge in [0.2, 0.25) is 5.82 Å². The van der Waals surface area contributed by atoms with Crippen LogP contribution < -0.4 is 0 Å². The molecule has 0 fully saturated rings. The third-order valence-electron chi connectivity index (χ3n) is 1.62. The Hall–Kier alpha value is -2.38. The maximum absolute atomic E-state index is 10.4. The number of tetrazole rings is 1. The number of rotatable bonds is 3. The number of H-pyrrole nitrogens is 1.